The Hall–Kier alpha value is -1.99. The highest BCUT2D eigenvalue weighted by Crippen LogP contribution is 2.55. The molecule has 7 nitrogen and oxygen atoms in total. The van der Waals surface area contributed by atoms with Crippen molar-refractivity contribution in [3.05, 3.63) is 35.8 Å². The van der Waals surface area contributed by atoms with Crippen LogP contribution in [0.2, 0.25) is 0 Å². The maximum Gasteiger partial charge on any atom is 0.151 e. The molecule has 3 saturated heterocycles. The van der Waals surface area contributed by atoms with E-state index >= 15 is 0 Å². The summed E-state index contributed by atoms with van der Waals surface area (Å²) in [7, 11) is 4.18. The maximum atomic E-state index is 6.59. The molecule has 5 rings (SSSR count). The first-order valence-electron chi connectivity index (χ1n) is 9.92. The number of aryl methyl sites for hydroxylation is 2. The van der Waals surface area contributed by atoms with Gasteiger partial charge < -0.3 is 14.5 Å². The summed E-state index contributed by atoms with van der Waals surface area (Å²) in [6.07, 6.45) is 6.85. The zero-order chi connectivity index (χ0) is 18.6. The summed E-state index contributed by atoms with van der Waals surface area (Å²) in [5.74, 6) is 2.15. The minimum atomic E-state index is 0.0248. The van der Waals surface area contributed by atoms with Crippen LogP contribution in [0, 0.1) is 18.8 Å². The molecule has 144 valence electrons. The molecule has 1 spiro atoms. The van der Waals surface area contributed by atoms with E-state index in [0.29, 0.717) is 17.9 Å². The largest absolute Gasteiger partial charge is 0.369 e. The van der Waals surface area contributed by atoms with Crippen molar-refractivity contribution in [2.45, 2.75) is 38.0 Å². The van der Waals surface area contributed by atoms with Gasteiger partial charge in [-0.3, -0.25) is 4.68 Å². The number of ether oxygens (including phenoxy) is 1. The van der Waals surface area contributed by atoms with Crippen LogP contribution in [0.3, 0.4) is 0 Å². The van der Waals surface area contributed by atoms with Crippen LogP contribution in [-0.2, 0) is 18.3 Å². The molecule has 4 atom stereocenters. The topological polar surface area (TPSA) is 59.3 Å². The molecule has 2 bridgehead atoms. The van der Waals surface area contributed by atoms with Gasteiger partial charge in [-0.1, -0.05) is 0 Å². The van der Waals surface area contributed by atoms with Crippen molar-refractivity contribution in [1.82, 2.24) is 24.9 Å². The Morgan fingerprint density at radius 1 is 1.33 bits per heavy atom. The molecule has 0 N–H and O–H groups in total. The summed E-state index contributed by atoms with van der Waals surface area (Å²) < 4.78 is 8.47. The highest BCUT2D eigenvalue weighted by Gasteiger charge is 2.63. The van der Waals surface area contributed by atoms with E-state index < -0.39 is 0 Å². The molecule has 2 aromatic rings. The second-order valence-corrected chi connectivity index (χ2v) is 8.66. The van der Waals surface area contributed by atoms with Crippen LogP contribution in [0.4, 0.5) is 5.82 Å². The van der Waals surface area contributed by atoms with Gasteiger partial charge in [-0.2, -0.15) is 10.2 Å². The highest BCUT2D eigenvalue weighted by atomic mass is 16.5. The zero-order valence-electron chi connectivity index (χ0n) is 16.4. The lowest BCUT2D eigenvalue weighted by molar-refractivity contribution is 0.0134. The second-order valence-electron chi connectivity index (χ2n) is 8.66. The Bertz CT molecular complexity index is 820. The molecular formula is C20H28N6O. The number of hydrogen-bond acceptors (Lipinski definition) is 6. The van der Waals surface area contributed by atoms with E-state index in [-0.39, 0.29) is 5.60 Å². The van der Waals surface area contributed by atoms with Crippen LogP contribution in [0.1, 0.15) is 24.1 Å². The Balaban J connectivity index is 1.29. The molecule has 0 aromatic carbocycles. The fourth-order valence-electron chi connectivity index (χ4n) is 5.46. The van der Waals surface area contributed by atoms with Gasteiger partial charge >= 0.3 is 0 Å². The Morgan fingerprint density at radius 2 is 2.22 bits per heavy atom. The second kappa shape index (κ2) is 6.27. The number of nitrogens with zero attached hydrogens (tertiary/aromatic N) is 6. The van der Waals surface area contributed by atoms with Crippen molar-refractivity contribution in [3.8, 4) is 0 Å². The molecule has 3 fully saturated rings. The van der Waals surface area contributed by atoms with E-state index in [2.05, 4.69) is 44.4 Å². The first kappa shape index (κ1) is 17.1. The standard InChI is InChI=1S/C20H28N6O/c1-14-4-5-19(23-22-14)26-12-17-16(18-6-7-20(17,13-26)27-18)11-24(2)9-15-8-21-25(3)10-15/h4-5,8,10,16-18H,6-7,9,11-13H2,1-3H3/t16-,17+,18+,20+/m0/s1. The summed E-state index contributed by atoms with van der Waals surface area (Å²) in [4.78, 5) is 4.81. The van der Waals surface area contributed by atoms with E-state index in [1.54, 1.807) is 0 Å². The van der Waals surface area contributed by atoms with Crippen LogP contribution in [0.25, 0.3) is 0 Å². The zero-order valence-corrected chi connectivity index (χ0v) is 16.4. The fourth-order valence-corrected chi connectivity index (χ4v) is 5.46. The van der Waals surface area contributed by atoms with Gasteiger partial charge in [0.25, 0.3) is 0 Å². The lowest BCUT2D eigenvalue weighted by atomic mass is 9.73. The number of aromatic nitrogens is 4. The lowest BCUT2D eigenvalue weighted by Gasteiger charge is -2.32. The number of rotatable bonds is 5. The van der Waals surface area contributed by atoms with Gasteiger partial charge in [-0.25, -0.2) is 0 Å². The summed E-state index contributed by atoms with van der Waals surface area (Å²) in [6.45, 7) is 5.96. The molecule has 3 aliphatic heterocycles. The highest BCUT2D eigenvalue weighted by molar-refractivity contribution is 5.42. The van der Waals surface area contributed by atoms with Gasteiger partial charge in [0.15, 0.2) is 5.82 Å². The van der Waals surface area contributed by atoms with E-state index in [4.69, 9.17) is 4.74 Å². The average Bonchev–Trinajstić information content (AvgIpc) is 3.38. The average molecular weight is 368 g/mol. The van der Waals surface area contributed by atoms with Crippen molar-refractivity contribution in [3.63, 3.8) is 0 Å². The third-order valence-corrected chi connectivity index (χ3v) is 6.62. The molecule has 0 unspecified atom stereocenters. The number of anilines is 1. The normalized spacial score (nSPS) is 31.9. The summed E-state index contributed by atoms with van der Waals surface area (Å²) in [6, 6.07) is 4.14. The molecule has 7 heteroatoms. The van der Waals surface area contributed by atoms with Crippen molar-refractivity contribution in [2.24, 2.45) is 18.9 Å². The number of fused-ring (bicyclic) bond motifs is 1. The molecule has 0 aliphatic carbocycles. The SMILES string of the molecule is Cc1ccc(N2C[C@@H]3[C@H](CN(C)Cc4cnn(C)c4)[C@H]4CC[C@]3(C2)O4)nn1. The smallest absolute Gasteiger partial charge is 0.151 e. The van der Waals surface area contributed by atoms with Gasteiger partial charge in [0.05, 0.1) is 23.6 Å². The number of hydrogen-bond donors (Lipinski definition) is 0. The van der Waals surface area contributed by atoms with Crippen molar-refractivity contribution in [1.29, 1.82) is 0 Å². The molecule has 0 amide bonds. The van der Waals surface area contributed by atoms with Gasteiger partial charge in [-0.05, 0) is 38.9 Å². The monoisotopic (exact) mass is 368 g/mol. The maximum absolute atomic E-state index is 6.59. The Morgan fingerprint density at radius 3 is 2.96 bits per heavy atom. The van der Waals surface area contributed by atoms with E-state index in [0.717, 1.165) is 37.7 Å². The van der Waals surface area contributed by atoms with Crippen LogP contribution in [0.5, 0.6) is 0 Å². The van der Waals surface area contributed by atoms with Gasteiger partial charge in [-0.15, -0.1) is 5.10 Å². The van der Waals surface area contributed by atoms with Crippen LogP contribution >= 0.6 is 0 Å². The van der Waals surface area contributed by atoms with Crippen LogP contribution in [0.15, 0.2) is 24.5 Å². The van der Waals surface area contributed by atoms with Gasteiger partial charge in [0.1, 0.15) is 0 Å². The third kappa shape index (κ3) is 2.93. The summed E-state index contributed by atoms with van der Waals surface area (Å²) in [5.41, 5.74) is 2.25. The van der Waals surface area contributed by atoms with Gasteiger partial charge in [0, 0.05) is 56.8 Å². The molecular weight excluding hydrogens is 340 g/mol. The first-order valence-corrected chi connectivity index (χ1v) is 9.92. The Kier molecular flexibility index (Phi) is 3.98. The van der Waals surface area contributed by atoms with E-state index in [9.17, 15) is 0 Å². The van der Waals surface area contributed by atoms with Crippen LogP contribution < -0.4 is 4.90 Å². The predicted octanol–water partition coefficient (Wildman–Crippen LogP) is 1.63. The molecule has 27 heavy (non-hydrogen) atoms. The van der Waals surface area contributed by atoms with Crippen LogP contribution in [-0.4, -0.2) is 63.3 Å². The molecule has 3 aliphatic rings. The Labute approximate surface area is 160 Å². The summed E-state index contributed by atoms with van der Waals surface area (Å²) >= 11 is 0. The fraction of sp³-hybridized carbons (Fsp3) is 0.650. The van der Waals surface area contributed by atoms with E-state index in [1.165, 1.54) is 18.4 Å². The minimum absolute atomic E-state index is 0.0248. The lowest BCUT2D eigenvalue weighted by Crippen LogP contribution is -2.40. The van der Waals surface area contributed by atoms with Crippen molar-refractivity contribution < 1.29 is 4.74 Å². The van der Waals surface area contributed by atoms with Crippen molar-refractivity contribution >= 4 is 5.82 Å². The first-order chi connectivity index (χ1) is 13.0. The molecule has 0 radical (unpaired) electrons. The molecule has 2 aromatic heterocycles. The molecule has 5 heterocycles. The third-order valence-electron chi connectivity index (χ3n) is 6.62. The molecule has 0 saturated carbocycles. The van der Waals surface area contributed by atoms with E-state index in [1.807, 2.05) is 30.9 Å². The predicted molar refractivity (Wildman–Crippen MR) is 102 cm³/mol. The quantitative estimate of drug-likeness (QED) is 0.800. The minimum Gasteiger partial charge on any atom is -0.369 e. The summed E-state index contributed by atoms with van der Waals surface area (Å²) in [5, 5.41) is 12.9. The van der Waals surface area contributed by atoms with Crippen molar-refractivity contribution in [2.75, 3.05) is 31.6 Å². The van der Waals surface area contributed by atoms with Gasteiger partial charge in [0.2, 0.25) is 0 Å².